The lowest BCUT2D eigenvalue weighted by molar-refractivity contribution is 0.546. The third kappa shape index (κ3) is 2.75. The van der Waals surface area contributed by atoms with Crippen molar-refractivity contribution in [1.82, 2.24) is 24.5 Å². The van der Waals surface area contributed by atoms with Gasteiger partial charge in [0.1, 0.15) is 5.82 Å². The monoisotopic (exact) mass is 346 g/mol. The lowest BCUT2D eigenvalue weighted by Crippen LogP contribution is -2.34. The minimum atomic E-state index is 0.467. The molecule has 3 aromatic heterocycles. The fourth-order valence-electron chi connectivity index (χ4n) is 4.22. The van der Waals surface area contributed by atoms with Gasteiger partial charge in [0.05, 0.1) is 6.33 Å². The third-order valence-electron chi connectivity index (χ3n) is 5.48. The highest BCUT2D eigenvalue weighted by Crippen LogP contribution is 2.35. The topological polar surface area (TPSA) is 59.7 Å². The van der Waals surface area contributed by atoms with Crippen LogP contribution in [0.25, 0.3) is 11.4 Å². The van der Waals surface area contributed by atoms with Crippen LogP contribution in [0.4, 0.5) is 5.82 Å². The van der Waals surface area contributed by atoms with Crippen molar-refractivity contribution in [3.63, 3.8) is 0 Å². The molecular weight excluding hydrogens is 324 g/mol. The van der Waals surface area contributed by atoms with E-state index in [1.165, 1.54) is 30.5 Å². The van der Waals surface area contributed by atoms with Crippen molar-refractivity contribution in [3.05, 3.63) is 54.5 Å². The van der Waals surface area contributed by atoms with E-state index < -0.39 is 0 Å². The van der Waals surface area contributed by atoms with Crippen molar-refractivity contribution in [2.24, 2.45) is 0 Å². The first-order valence-electron chi connectivity index (χ1n) is 9.41. The van der Waals surface area contributed by atoms with Crippen LogP contribution in [-0.2, 0) is 19.4 Å². The number of aryl methyl sites for hydroxylation is 1. The van der Waals surface area contributed by atoms with Gasteiger partial charge in [0.2, 0.25) is 0 Å². The number of aromatic nitrogens is 5. The Morgan fingerprint density at radius 3 is 2.77 bits per heavy atom. The Hall–Kier alpha value is -2.76. The first kappa shape index (κ1) is 15.5. The number of fused-ring (bicyclic) bond motifs is 1. The first-order valence-corrected chi connectivity index (χ1v) is 9.41. The molecule has 0 saturated carbocycles. The number of nitrogens with zero attached hydrogens (tertiary/aromatic N) is 6. The molecule has 1 aliphatic carbocycles. The van der Waals surface area contributed by atoms with Gasteiger partial charge >= 0.3 is 0 Å². The van der Waals surface area contributed by atoms with E-state index in [1.807, 2.05) is 43.2 Å². The SMILES string of the molecule is c1cc(-c2nc3c(c(N4CCCC4Cn4ccnc4)n2)CCC3)ccn1. The van der Waals surface area contributed by atoms with Gasteiger partial charge in [0.15, 0.2) is 5.82 Å². The van der Waals surface area contributed by atoms with Crippen molar-refractivity contribution in [1.29, 1.82) is 0 Å². The van der Waals surface area contributed by atoms with Crippen molar-refractivity contribution >= 4 is 5.82 Å². The zero-order valence-electron chi connectivity index (χ0n) is 14.8. The molecule has 1 atom stereocenters. The predicted molar refractivity (Wildman–Crippen MR) is 99.9 cm³/mol. The maximum atomic E-state index is 5.04. The second-order valence-corrected chi connectivity index (χ2v) is 7.13. The molecule has 132 valence electrons. The van der Waals surface area contributed by atoms with Gasteiger partial charge in [0, 0.05) is 60.7 Å². The lowest BCUT2D eigenvalue weighted by Gasteiger charge is -2.28. The van der Waals surface area contributed by atoms with Gasteiger partial charge in [-0.25, -0.2) is 15.0 Å². The molecule has 6 heteroatoms. The van der Waals surface area contributed by atoms with Crippen molar-refractivity contribution in [2.75, 3.05) is 11.4 Å². The Morgan fingerprint density at radius 1 is 1.00 bits per heavy atom. The maximum Gasteiger partial charge on any atom is 0.161 e. The van der Waals surface area contributed by atoms with Crippen LogP contribution in [0.1, 0.15) is 30.5 Å². The number of hydrogen-bond donors (Lipinski definition) is 0. The molecular formula is C20H22N6. The van der Waals surface area contributed by atoms with Crippen LogP contribution in [0.3, 0.4) is 0 Å². The highest BCUT2D eigenvalue weighted by atomic mass is 15.3. The average Bonchev–Trinajstić information content (AvgIpc) is 3.44. The molecule has 0 spiro atoms. The minimum Gasteiger partial charge on any atom is -0.351 e. The molecule has 1 unspecified atom stereocenters. The molecule has 2 aliphatic rings. The van der Waals surface area contributed by atoms with E-state index in [2.05, 4.69) is 19.4 Å². The lowest BCUT2D eigenvalue weighted by atomic mass is 10.1. The Kier molecular flexibility index (Phi) is 3.88. The standard InChI is InChI=1S/C20H22N6/c1-4-17-18(5-1)23-19(15-6-8-21-9-7-15)24-20(17)26-11-2-3-16(26)13-25-12-10-22-14-25/h6-10,12,14,16H,1-5,11,13H2. The highest BCUT2D eigenvalue weighted by Gasteiger charge is 2.31. The van der Waals surface area contributed by atoms with Gasteiger partial charge in [-0.3, -0.25) is 4.98 Å². The van der Waals surface area contributed by atoms with Gasteiger partial charge in [-0.1, -0.05) is 0 Å². The fraction of sp³-hybridized carbons (Fsp3) is 0.400. The van der Waals surface area contributed by atoms with E-state index in [1.54, 1.807) is 0 Å². The summed E-state index contributed by atoms with van der Waals surface area (Å²) in [6.45, 7) is 2.03. The van der Waals surface area contributed by atoms with Crippen LogP contribution in [-0.4, -0.2) is 37.1 Å². The molecule has 0 bridgehead atoms. The third-order valence-corrected chi connectivity index (χ3v) is 5.48. The van der Waals surface area contributed by atoms with E-state index in [0.29, 0.717) is 6.04 Å². The minimum absolute atomic E-state index is 0.467. The van der Waals surface area contributed by atoms with Crippen LogP contribution in [0, 0.1) is 0 Å². The quantitative estimate of drug-likeness (QED) is 0.727. The Labute approximate surface area is 153 Å². The number of pyridine rings is 1. The van der Waals surface area contributed by atoms with E-state index in [4.69, 9.17) is 9.97 Å². The Balaban J connectivity index is 1.54. The molecule has 5 rings (SSSR count). The summed E-state index contributed by atoms with van der Waals surface area (Å²) >= 11 is 0. The van der Waals surface area contributed by atoms with Gasteiger partial charge in [0.25, 0.3) is 0 Å². The Bertz CT molecular complexity index is 890. The maximum absolute atomic E-state index is 5.04. The largest absolute Gasteiger partial charge is 0.351 e. The van der Waals surface area contributed by atoms with Gasteiger partial charge in [-0.15, -0.1) is 0 Å². The normalized spacial score (nSPS) is 19.1. The summed E-state index contributed by atoms with van der Waals surface area (Å²) in [5.41, 5.74) is 3.64. The van der Waals surface area contributed by atoms with Crippen LogP contribution < -0.4 is 4.90 Å². The van der Waals surface area contributed by atoms with Crippen LogP contribution in [0.15, 0.2) is 43.2 Å². The summed E-state index contributed by atoms with van der Waals surface area (Å²) in [7, 11) is 0. The van der Waals surface area contributed by atoms with Crippen LogP contribution >= 0.6 is 0 Å². The summed E-state index contributed by atoms with van der Waals surface area (Å²) in [5, 5.41) is 0. The second kappa shape index (κ2) is 6.52. The van der Waals surface area contributed by atoms with Crippen molar-refractivity contribution < 1.29 is 0 Å². The van der Waals surface area contributed by atoms with E-state index >= 15 is 0 Å². The summed E-state index contributed by atoms with van der Waals surface area (Å²) < 4.78 is 2.17. The van der Waals surface area contributed by atoms with Crippen molar-refractivity contribution in [2.45, 2.75) is 44.7 Å². The molecule has 0 aromatic carbocycles. The summed E-state index contributed by atoms with van der Waals surface area (Å²) in [6.07, 6.45) is 15.2. The molecule has 26 heavy (non-hydrogen) atoms. The van der Waals surface area contributed by atoms with Crippen molar-refractivity contribution in [3.8, 4) is 11.4 Å². The smallest absolute Gasteiger partial charge is 0.161 e. The van der Waals surface area contributed by atoms with E-state index in [9.17, 15) is 0 Å². The summed E-state index contributed by atoms with van der Waals surface area (Å²) in [4.78, 5) is 20.7. The molecule has 0 N–H and O–H groups in total. The molecule has 6 nitrogen and oxygen atoms in total. The molecule has 1 aliphatic heterocycles. The van der Waals surface area contributed by atoms with E-state index in [0.717, 1.165) is 43.1 Å². The van der Waals surface area contributed by atoms with Crippen LogP contribution in [0.5, 0.6) is 0 Å². The predicted octanol–water partition coefficient (Wildman–Crippen LogP) is 2.89. The van der Waals surface area contributed by atoms with Gasteiger partial charge in [-0.05, 0) is 44.2 Å². The zero-order chi connectivity index (χ0) is 17.3. The first-order chi connectivity index (χ1) is 12.9. The zero-order valence-corrected chi connectivity index (χ0v) is 14.8. The summed E-state index contributed by atoms with van der Waals surface area (Å²) in [6, 6.07) is 4.45. The molecule has 1 saturated heterocycles. The second-order valence-electron chi connectivity index (χ2n) is 7.13. The average molecular weight is 346 g/mol. The molecule has 4 heterocycles. The Morgan fingerprint density at radius 2 is 1.92 bits per heavy atom. The van der Waals surface area contributed by atoms with Gasteiger partial charge in [-0.2, -0.15) is 0 Å². The van der Waals surface area contributed by atoms with E-state index in [-0.39, 0.29) is 0 Å². The molecule has 0 amide bonds. The van der Waals surface area contributed by atoms with Crippen LogP contribution in [0.2, 0.25) is 0 Å². The number of imidazole rings is 1. The number of hydrogen-bond acceptors (Lipinski definition) is 5. The fourth-order valence-corrected chi connectivity index (χ4v) is 4.22. The molecule has 3 aromatic rings. The molecule has 1 fully saturated rings. The highest BCUT2D eigenvalue weighted by molar-refractivity contribution is 5.61. The molecule has 0 radical (unpaired) electrons. The number of rotatable bonds is 4. The summed E-state index contributed by atoms with van der Waals surface area (Å²) in [5.74, 6) is 1.98. The number of anilines is 1. The van der Waals surface area contributed by atoms with Gasteiger partial charge < -0.3 is 9.47 Å².